The zero-order valence-corrected chi connectivity index (χ0v) is 14.4. The van der Waals surface area contributed by atoms with Crippen molar-refractivity contribution in [3.8, 4) is 12.3 Å². The van der Waals surface area contributed by atoms with E-state index in [0.29, 0.717) is 5.52 Å². The minimum atomic E-state index is -3.95. The van der Waals surface area contributed by atoms with Crippen LogP contribution in [0.3, 0.4) is 0 Å². The van der Waals surface area contributed by atoms with Gasteiger partial charge in [-0.3, -0.25) is 9.52 Å². The molecule has 0 aliphatic heterocycles. The Balaban J connectivity index is 1.98. The number of carbonyl (C=O) groups excluding carboxylic acids is 1. The molecule has 3 rings (SSSR count). The van der Waals surface area contributed by atoms with Gasteiger partial charge in [0.15, 0.2) is 0 Å². The van der Waals surface area contributed by atoms with Crippen LogP contribution in [0.25, 0.3) is 11.0 Å². The lowest BCUT2D eigenvalue weighted by Crippen LogP contribution is -2.25. The summed E-state index contributed by atoms with van der Waals surface area (Å²) < 4.78 is 36.0. The number of fused-ring (bicyclic) bond motifs is 1. The number of anilines is 1. The van der Waals surface area contributed by atoms with Crippen molar-refractivity contribution < 1.29 is 13.2 Å². The Labute approximate surface area is 148 Å². The van der Waals surface area contributed by atoms with E-state index in [1.165, 1.54) is 18.2 Å². The van der Waals surface area contributed by atoms with Crippen molar-refractivity contribution in [3.63, 3.8) is 0 Å². The molecule has 2 aromatic carbocycles. The first-order valence-corrected chi connectivity index (χ1v) is 9.29. The first kappa shape index (κ1) is 16.9. The van der Waals surface area contributed by atoms with E-state index in [-0.39, 0.29) is 28.2 Å². The standard InChI is InChI=1S/C16H12N4O3S2/c1-2-10-17-16(21)11-6-3-4-7-12(11)20-25(22,23)14-9-5-8-13-15(14)19-24-18-13/h1,3-9,20H,10H2,(H,17,21). The van der Waals surface area contributed by atoms with Crippen molar-refractivity contribution in [2.24, 2.45) is 0 Å². The van der Waals surface area contributed by atoms with Gasteiger partial charge >= 0.3 is 0 Å². The average molecular weight is 372 g/mol. The number of para-hydroxylation sites is 1. The van der Waals surface area contributed by atoms with Gasteiger partial charge in [0.05, 0.1) is 29.5 Å². The Morgan fingerprint density at radius 2 is 1.96 bits per heavy atom. The van der Waals surface area contributed by atoms with Crippen LogP contribution in [0, 0.1) is 12.3 Å². The number of sulfonamides is 1. The van der Waals surface area contributed by atoms with Crippen molar-refractivity contribution in [2.45, 2.75) is 4.90 Å². The van der Waals surface area contributed by atoms with Gasteiger partial charge in [0.1, 0.15) is 15.9 Å². The molecule has 0 unspecified atom stereocenters. The van der Waals surface area contributed by atoms with Gasteiger partial charge in [0.25, 0.3) is 15.9 Å². The summed E-state index contributed by atoms with van der Waals surface area (Å²) >= 11 is 0.931. The van der Waals surface area contributed by atoms with E-state index in [1.807, 2.05) is 0 Å². The summed E-state index contributed by atoms with van der Waals surface area (Å²) in [7, 11) is -3.95. The minimum Gasteiger partial charge on any atom is -0.341 e. The number of nitrogens with zero attached hydrogens (tertiary/aromatic N) is 2. The zero-order valence-electron chi connectivity index (χ0n) is 12.8. The second-order valence-corrected chi connectivity index (χ2v) is 7.11. The molecule has 0 radical (unpaired) electrons. The molecule has 0 spiro atoms. The lowest BCUT2D eigenvalue weighted by atomic mass is 10.2. The molecule has 0 saturated heterocycles. The van der Waals surface area contributed by atoms with E-state index >= 15 is 0 Å². The number of carbonyl (C=O) groups is 1. The number of amides is 1. The van der Waals surface area contributed by atoms with Gasteiger partial charge in [-0.25, -0.2) is 8.42 Å². The molecule has 0 fully saturated rings. The van der Waals surface area contributed by atoms with Gasteiger partial charge in [-0.05, 0) is 24.3 Å². The summed E-state index contributed by atoms with van der Waals surface area (Å²) in [4.78, 5) is 12.2. The second-order valence-electron chi connectivity index (χ2n) is 4.93. The third-order valence-corrected chi connectivity index (χ3v) is 5.25. The number of hydrogen-bond donors (Lipinski definition) is 2. The summed E-state index contributed by atoms with van der Waals surface area (Å²) in [6.45, 7) is 0.0454. The topological polar surface area (TPSA) is 101 Å². The molecular weight excluding hydrogens is 360 g/mol. The summed E-state index contributed by atoms with van der Waals surface area (Å²) in [5, 5.41) is 2.51. The molecule has 0 bridgehead atoms. The number of terminal acetylenes is 1. The Hall–Kier alpha value is -2.96. The normalized spacial score (nSPS) is 11.0. The highest BCUT2D eigenvalue weighted by molar-refractivity contribution is 7.93. The van der Waals surface area contributed by atoms with Crippen LogP contribution in [0.15, 0.2) is 47.4 Å². The zero-order chi connectivity index (χ0) is 17.9. The molecule has 0 saturated carbocycles. The third kappa shape index (κ3) is 3.45. The molecule has 1 amide bonds. The Morgan fingerprint density at radius 1 is 1.16 bits per heavy atom. The second kappa shape index (κ2) is 6.88. The van der Waals surface area contributed by atoms with E-state index in [2.05, 4.69) is 24.7 Å². The highest BCUT2D eigenvalue weighted by Gasteiger charge is 2.22. The smallest absolute Gasteiger partial charge is 0.264 e. The van der Waals surface area contributed by atoms with Crippen LogP contribution in [0.5, 0.6) is 0 Å². The molecule has 0 aliphatic carbocycles. The molecule has 1 aromatic heterocycles. The maximum Gasteiger partial charge on any atom is 0.264 e. The van der Waals surface area contributed by atoms with Crippen LogP contribution >= 0.6 is 11.7 Å². The molecule has 3 aromatic rings. The van der Waals surface area contributed by atoms with Gasteiger partial charge in [0, 0.05) is 0 Å². The Morgan fingerprint density at radius 3 is 2.76 bits per heavy atom. The maximum atomic E-state index is 12.8. The fraction of sp³-hybridized carbons (Fsp3) is 0.0625. The summed E-state index contributed by atoms with van der Waals surface area (Å²) in [5.74, 6) is 1.83. The largest absolute Gasteiger partial charge is 0.341 e. The van der Waals surface area contributed by atoms with E-state index in [0.717, 1.165) is 11.7 Å². The predicted octanol–water partition coefficient (Wildman–Crippen LogP) is 1.86. The highest BCUT2D eigenvalue weighted by Crippen LogP contribution is 2.25. The number of rotatable bonds is 5. The molecule has 1 heterocycles. The predicted molar refractivity (Wildman–Crippen MR) is 95.8 cm³/mol. The maximum absolute atomic E-state index is 12.8. The summed E-state index contributed by atoms with van der Waals surface area (Å²) in [6.07, 6.45) is 5.13. The molecule has 7 nitrogen and oxygen atoms in total. The van der Waals surface area contributed by atoms with E-state index < -0.39 is 15.9 Å². The highest BCUT2D eigenvalue weighted by atomic mass is 32.2. The van der Waals surface area contributed by atoms with Gasteiger partial charge < -0.3 is 5.32 Å². The van der Waals surface area contributed by atoms with Crippen molar-refractivity contribution >= 4 is 44.4 Å². The molecule has 0 atom stereocenters. The Bertz CT molecular complexity index is 1080. The monoisotopic (exact) mass is 372 g/mol. The van der Waals surface area contributed by atoms with Crippen LogP contribution in [0.2, 0.25) is 0 Å². The van der Waals surface area contributed by atoms with Crippen molar-refractivity contribution in [1.82, 2.24) is 14.1 Å². The summed E-state index contributed by atoms with van der Waals surface area (Å²) in [6, 6.07) is 11.0. The minimum absolute atomic E-state index is 0.00224. The van der Waals surface area contributed by atoms with E-state index in [4.69, 9.17) is 6.42 Å². The molecule has 126 valence electrons. The van der Waals surface area contributed by atoms with Crippen LogP contribution in [0.1, 0.15) is 10.4 Å². The third-order valence-electron chi connectivity index (χ3n) is 3.31. The first-order valence-electron chi connectivity index (χ1n) is 7.08. The fourth-order valence-corrected chi connectivity index (χ4v) is 4.04. The van der Waals surface area contributed by atoms with Gasteiger partial charge in [-0.1, -0.05) is 24.1 Å². The molecule has 2 N–H and O–H groups in total. The number of hydrogen-bond acceptors (Lipinski definition) is 6. The first-order chi connectivity index (χ1) is 12.0. The van der Waals surface area contributed by atoms with Crippen LogP contribution < -0.4 is 10.0 Å². The van der Waals surface area contributed by atoms with Crippen molar-refractivity contribution in [3.05, 3.63) is 48.0 Å². The Kier molecular flexibility index (Phi) is 4.65. The van der Waals surface area contributed by atoms with Crippen molar-refractivity contribution in [1.29, 1.82) is 0 Å². The molecular formula is C16H12N4O3S2. The number of nitrogens with one attached hydrogen (secondary N) is 2. The van der Waals surface area contributed by atoms with E-state index in [1.54, 1.807) is 24.3 Å². The number of aromatic nitrogens is 2. The van der Waals surface area contributed by atoms with Gasteiger partial charge in [-0.2, -0.15) is 8.75 Å². The van der Waals surface area contributed by atoms with Crippen LogP contribution in [0.4, 0.5) is 5.69 Å². The van der Waals surface area contributed by atoms with Crippen molar-refractivity contribution in [2.75, 3.05) is 11.3 Å². The molecule has 25 heavy (non-hydrogen) atoms. The molecule has 0 aliphatic rings. The fourth-order valence-electron chi connectivity index (χ4n) is 2.19. The quantitative estimate of drug-likeness (QED) is 0.666. The average Bonchev–Trinajstić information content (AvgIpc) is 3.08. The lowest BCUT2D eigenvalue weighted by molar-refractivity contribution is 0.0959. The van der Waals surface area contributed by atoms with Gasteiger partial charge in [-0.15, -0.1) is 6.42 Å². The number of benzene rings is 2. The van der Waals surface area contributed by atoms with Crippen LogP contribution in [-0.2, 0) is 10.0 Å². The molecule has 9 heteroatoms. The lowest BCUT2D eigenvalue weighted by Gasteiger charge is -2.12. The SMILES string of the molecule is C#CCNC(=O)c1ccccc1NS(=O)(=O)c1cccc2nsnc12. The van der Waals surface area contributed by atoms with Gasteiger partial charge in [0.2, 0.25) is 0 Å². The summed E-state index contributed by atoms with van der Waals surface area (Å²) in [5.41, 5.74) is 1.10. The van der Waals surface area contributed by atoms with E-state index in [9.17, 15) is 13.2 Å². The van der Waals surface area contributed by atoms with Crippen LogP contribution in [-0.4, -0.2) is 29.6 Å².